The minimum atomic E-state index is -2.95. The van der Waals surface area contributed by atoms with Crippen LogP contribution in [0.2, 0.25) is 0 Å². The van der Waals surface area contributed by atoms with Crippen LogP contribution in [0.15, 0.2) is 0 Å². The van der Waals surface area contributed by atoms with Crippen molar-refractivity contribution in [1.82, 2.24) is 0 Å². The Morgan fingerprint density at radius 2 is 1.59 bits per heavy atom. The zero-order chi connectivity index (χ0) is 17.0. The monoisotopic (exact) mass is 336 g/mol. The van der Waals surface area contributed by atoms with Crippen LogP contribution in [0.4, 0.5) is 0 Å². The van der Waals surface area contributed by atoms with E-state index in [0.29, 0.717) is 12.8 Å². The summed E-state index contributed by atoms with van der Waals surface area (Å²) in [4.78, 5) is 11.5. The van der Waals surface area contributed by atoms with E-state index in [0.717, 1.165) is 25.7 Å². The van der Waals surface area contributed by atoms with E-state index in [1.165, 1.54) is 0 Å². The van der Waals surface area contributed by atoms with Crippen molar-refractivity contribution < 1.29 is 27.5 Å². The van der Waals surface area contributed by atoms with Crippen molar-refractivity contribution in [2.75, 3.05) is 21.3 Å². The van der Waals surface area contributed by atoms with E-state index >= 15 is 0 Å². The molecule has 6 nitrogen and oxygen atoms in total. The third kappa shape index (κ3) is 6.74. The van der Waals surface area contributed by atoms with Gasteiger partial charge in [0.25, 0.3) is 0 Å². The van der Waals surface area contributed by atoms with Gasteiger partial charge >= 0.3 is 14.8 Å². The molecule has 0 heterocycles. The molecule has 0 bridgehead atoms. The highest BCUT2D eigenvalue weighted by Crippen LogP contribution is 2.23. The maximum Gasteiger partial charge on any atom is 0.530 e. The Bertz CT molecular complexity index is 287. The number of esters is 1. The smallest absolute Gasteiger partial charge is 0.436 e. The van der Waals surface area contributed by atoms with Gasteiger partial charge in [0.05, 0.1) is 0 Å². The van der Waals surface area contributed by atoms with Crippen LogP contribution < -0.4 is 0 Å². The van der Waals surface area contributed by atoms with Gasteiger partial charge in [-0.1, -0.05) is 40.0 Å². The Kier molecular flexibility index (Phi) is 11.8. The summed E-state index contributed by atoms with van der Waals surface area (Å²) in [6.07, 6.45) is 4.20. The summed E-state index contributed by atoms with van der Waals surface area (Å²) in [5, 5.41) is 0. The van der Waals surface area contributed by atoms with Crippen molar-refractivity contribution in [3.05, 3.63) is 0 Å². The van der Waals surface area contributed by atoms with E-state index in [4.69, 9.17) is 22.8 Å². The second-order valence-corrected chi connectivity index (χ2v) is 8.09. The van der Waals surface area contributed by atoms with Crippen LogP contribution in [0.25, 0.3) is 0 Å². The second-order valence-electron chi connectivity index (χ2n) is 5.02. The van der Waals surface area contributed by atoms with Gasteiger partial charge in [-0.3, -0.25) is 4.79 Å². The fraction of sp³-hybridized carbons (Fsp3) is 0.933. The molecule has 0 aromatic heterocycles. The van der Waals surface area contributed by atoms with Crippen LogP contribution in [0.3, 0.4) is 0 Å². The number of rotatable bonds is 13. The Hall–Kier alpha value is -0.473. The molecule has 0 aliphatic rings. The summed E-state index contributed by atoms with van der Waals surface area (Å²) in [6.45, 7) is 5.81. The first-order valence-corrected chi connectivity index (χ1v) is 9.83. The molecule has 0 saturated carbocycles. The molecule has 0 amide bonds. The van der Waals surface area contributed by atoms with Crippen LogP contribution in [0.1, 0.15) is 59.3 Å². The zero-order valence-corrected chi connectivity index (χ0v) is 15.8. The molecular weight excluding hydrogens is 304 g/mol. The number of carbonyl (C=O) groups is 1. The van der Waals surface area contributed by atoms with Gasteiger partial charge in [0.2, 0.25) is 6.29 Å². The molecule has 2 unspecified atom stereocenters. The largest absolute Gasteiger partial charge is 0.530 e. The Labute approximate surface area is 135 Å². The normalized spacial score (nSPS) is 14.6. The van der Waals surface area contributed by atoms with Crippen molar-refractivity contribution in [2.24, 2.45) is 0 Å². The van der Waals surface area contributed by atoms with Crippen LogP contribution in [-0.4, -0.2) is 48.1 Å². The molecule has 0 N–H and O–H groups in total. The number of hydrogen-bond donors (Lipinski definition) is 0. The Morgan fingerprint density at radius 1 is 1.00 bits per heavy atom. The zero-order valence-electron chi connectivity index (χ0n) is 14.8. The summed E-state index contributed by atoms with van der Waals surface area (Å²) in [6, 6.07) is 0. The topological polar surface area (TPSA) is 63.2 Å². The number of unbranched alkanes of at least 4 members (excludes halogenated alkanes) is 2. The maximum absolute atomic E-state index is 11.5. The molecule has 0 aromatic rings. The summed E-state index contributed by atoms with van der Waals surface area (Å²) in [5.74, 6) is -0.279. The van der Waals surface area contributed by atoms with Crippen LogP contribution >= 0.6 is 0 Å². The van der Waals surface area contributed by atoms with E-state index in [1.54, 1.807) is 28.3 Å². The molecule has 7 heteroatoms. The van der Waals surface area contributed by atoms with Crippen molar-refractivity contribution in [3.8, 4) is 0 Å². The van der Waals surface area contributed by atoms with Gasteiger partial charge in [-0.25, -0.2) is 0 Å². The van der Waals surface area contributed by atoms with Gasteiger partial charge in [0, 0.05) is 34.2 Å². The first kappa shape index (κ1) is 21.5. The van der Waals surface area contributed by atoms with Crippen LogP contribution in [0.5, 0.6) is 0 Å². The average Bonchev–Trinajstić information content (AvgIpc) is 2.55. The average molecular weight is 337 g/mol. The van der Waals surface area contributed by atoms with Crippen molar-refractivity contribution in [3.63, 3.8) is 0 Å². The first-order valence-electron chi connectivity index (χ1n) is 8.03. The van der Waals surface area contributed by atoms with Crippen molar-refractivity contribution >= 4 is 14.8 Å². The highest BCUT2D eigenvalue weighted by Gasteiger charge is 2.49. The predicted molar refractivity (Wildman–Crippen MR) is 86.3 cm³/mol. The minimum absolute atomic E-state index is 0.279. The van der Waals surface area contributed by atoms with Gasteiger partial charge in [0.1, 0.15) is 5.73 Å². The minimum Gasteiger partial charge on any atom is -0.436 e. The molecule has 22 heavy (non-hydrogen) atoms. The lowest BCUT2D eigenvalue weighted by molar-refractivity contribution is -0.189. The lowest BCUT2D eigenvalue weighted by atomic mass is 10.2. The summed E-state index contributed by atoms with van der Waals surface area (Å²) < 4.78 is 27.9. The third-order valence-electron chi connectivity index (χ3n) is 3.52. The highest BCUT2D eigenvalue weighted by molar-refractivity contribution is 6.62. The molecule has 0 rings (SSSR count). The molecule has 0 radical (unpaired) electrons. The lowest BCUT2D eigenvalue weighted by Gasteiger charge is -2.34. The molecule has 0 spiro atoms. The quantitative estimate of drug-likeness (QED) is 0.223. The van der Waals surface area contributed by atoms with Gasteiger partial charge in [-0.2, -0.15) is 0 Å². The SMILES string of the molecule is CCCCCC(OC(CC)OC(=O)CC)[Si](OC)(OC)OC. The highest BCUT2D eigenvalue weighted by atomic mass is 28.4. The van der Waals surface area contributed by atoms with Crippen LogP contribution in [0, 0.1) is 0 Å². The molecular formula is C15H32O6Si. The number of hydrogen-bond acceptors (Lipinski definition) is 6. The molecule has 0 saturated heterocycles. The van der Waals surface area contributed by atoms with Gasteiger partial charge in [-0.15, -0.1) is 0 Å². The molecule has 2 atom stereocenters. The fourth-order valence-electron chi connectivity index (χ4n) is 2.17. The third-order valence-corrected chi connectivity index (χ3v) is 6.44. The first-order chi connectivity index (χ1) is 10.5. The van der Waals surface area contributed by atoms with E-state index in [-0.39, 0.29) is 11.7 Å². The van der Waals surface area contributed by atoms with E-state index in [2.05, 4.69) is 6.92 Å². The summed E-state index contributed by atoms with van der Waals surface area (Å²) in [7, 11) is 1.74. The molecule has 132 valence electrons. The Balaban J connectivity index is 4.99. The second kappa shape index (κ2) is 12.0. The maximum atomic E-state index is 11.5. The van der Waals surface area contributed by atoms with E-state index in [1.807, 2.05) is 6.92 Å². The standard InChI is InChI=1S/C15H32O6Si/c1-7-10-11-12-15(22(17-4,18-5)19-6)21-14(9-3)20-13(16)8-2/h14-15H,7-12H2,1-6H3. The van der Waals surface area contributed by atoms with Gasteiger partial charge < -0.3 is 22.8 Å². The fourth-order valence-corrected chi connectivity index (χ4v) is 4.34. The molecule has 0 aliphatic heterocycles. The molecule has 0 aliphatic carbocycles. The van der Waals surface area contributed by atoms with E-state index in [9.17, 15) is 4.79 Å². The Morgan fingerprint density at radius 3 is 2.00 bits per heavy atom. The number of carbonyl (C=O) groups excluding carboxylic acids is 1. The number of ether oxygens (including phenoxy) is 2. The molecule has 0 aromatic carbocycles. The van der Waals surface area contributed by atoms with Gasteiger partial charge in [0.15, 0.2) is 0 Å². The van der Waals surface area contributed by atoms with Crippen molar-refractivity contribution in [2.45, 2.75) is 71.3 Å². The summed E-state index contributed by atoms with van der Waals surface area (Å²) >= 11 is 0. The predicted octanol–water partition coefficient (Wildman–Crippen LogP) is 3.06. The van der Waals surface area contributed by atoms with Gasteiger partial charge in [-0.05, 0) is 6.42 Å². The molecule has 0 fully saturated rings. The van der Waals surface area contributed by atoms with Crippen molar-refractivity contribution in [1.29, 1.82) is 0 Å². The van der Waals surface area contributed by atoms with E-state index < -0.39 is 15.1 Å². The lowest BCUT2D eigenvalue weighted by Crippen LogP contribution is -2.56. The summed E-state index contributed by atoms with van der Waals surface area (Å²) in [5.41, 5.74) is -0.353. The van der Waals surface area contributed by atoms with Crippen LogP contribution in [-0.2, 0) is 27.5 Å².